The van der Waals surface area contributed by atoms with E-state index in [1.165, 1.54) is 0 Å². The molecule has 0 aliphatic heterocycles. The zero-order chi connectivity index (χ0) is 16.4. The van der Waals surface area contributed by atoms with Gasteiger partial charge in [0.2, 0.25) is 0 Å². The van der Waals surface area contributed by atoms with E-state index in [9.17, 15) is 0 Å². The van der Waals surface area contributed by atoms with Crippen molar-refractivity contribution < 1.29 is 0 Å². The van der Waals surface area contributed by atoms with E-state index in [2.05, 4.69) is 4.98 Å². The van der Waals surface area contributed by atoms with Gasteiger partial charge in [-0.25, -0.2) is 0 Å². The van der Waals surface area contributed by atoms with Gasteiger partial charge < -0.3 is 16.5 Å². The van der Waals surface area contributed by atoms with Crippen molar-refractivity contribution in [3.8, 4) is 22.5 Å². The van der Waals surface area contributed by atoms with Crippen LogP contribution in [0, 0.1) is 10.8 Å². The molecule has 0 atom stereocenters. The highest BCUT2D eigenvalue weighted by atomic mass is 14.7. The number of amidine groups is 2. The highest BCUT2D eigenvalue weighted by Crippen LogP contribution is 2.25. The van der Waals surface area contributed by atoms with E-state index in [0.717, 1.165) is 22.5 Å². The van der Waals surface area contributed by atoms with E-state index in [1.807, 2.05) is 60.7 Å². The number of nitrogens with one attached hydrogen (secondary N) is 3. The largest absolute Gasteiger partial charge is 0.384 e. The summed E-state index contributed by atoms with van der Waals surface area (Å²) in [7, 11) is 0. The van der Waals surface area contributed by atoms with Crippen molar-refractivity contribution >= 4 is 11.7 Å². The quantitative estimate of drug-likeness (QED) is 0.376. The van der Waals surface area contributed by atoms with Gasteiger partial charge in [-0.3, -0.25) is 10.8 Å². The van der Waals surface area contributed by atoms with Gasteiger partial charge in [-0.05, 0) is 29.3 Å². The number of nitrogens with two attached hydrogens (primary N) is 2. The average molecular weight is 303 g/mol. The number of rotatable bonds is 4. The Balaban J connectivity index is 1.92. The van der Waals surface area contributed by atoms with Gasteiger partial charge in [-0.15, -0.1) is 0 Å². The van der Waals surface area contributed by atoms with Gasteiger partial charge in [0.1, 0.15) is 11.7 Å². The van der Waals surface area contributed by atoms with Crippen molar-refractivity contribution in [1.29, 1.82) is 10.8 Å². The minimum absolute atomic E-state index is 0.0541. The van der Waals surface area contributed by atoms with E-state index >= 15 is 0 Å². The Bertz CT molecular complexity index is 874. The smallest absolute Gasteiger partial charge is 0.122 e. The zero-order valence-corrected chi connectivity index (χ0v) is 12.4. The first kappa shape index (κ1) is 14.6. The number of H-pyrrole nitrogens is 1. The number of hydrogen-bond acceptors (Lipinski definition) is 2. The van der Waals surface area contributed by atoms with Crippen molar-refractivity contribution in [2.24, 2.45) is 11.5 Å². The van der Waals surface area contributed by atoms with E-state index in [4.69, 9.17) is 22.3 Å². The molecule has 0 saturated heterocycles. The Morgan fingerprint density at radius 1 is 0.696 bits per heavy atom. The number of hydrogen-bond donors (Lipinski definition) is 5. The van der Waals surface area contributed by atoms with Crippen LogP contribution in [0.5, 0.6) is 0 Å². The first-order valence-electron chi connectivity index (χ1n) is 7.13. The predicted molar refractivity (Wildman–Crippen MR) is 93.7 cm³/mol. The zero-order valence-electron chi connectivity index (χ0n) is 12.4. The molecular weight excluding hydrogens is 286 g/mol. The van der Waals surface area contributed by atoms with E-state index in [-0.39, 0.29) is 11.7 Å². The van der Waals surface area contributed by atoms with Crippen LogP contribution in [-0.4, -0.2) is 16.7 Å². The summed E-state index contributed by atoms with van der Waals surface area (Å²) in [6, 6.07) is 19.1. The lowest BCUT2D eigenvalue weighted by Crippen LogP contribution is -2.10. The van der Waals surface area contributed by atoms with Crippen molar-refractivity contribution in [3.05, 3.63) is 71.8 Å². The van der Waals surface area contributed by atoms with Gasteiger partial charge in [0, 0.05) is 22.5 Å². The maximum Gasteiger partial charge on any atom is 0.122 e. The van der Waals surface area contributed by atoms with Crippen LogP contribution < -0.4 is 11.5 Å². The molecular formula is C18H17N5. The molecule has 2 aromatic carbocycles. The Morgan fingerprint density at radius 2 is 1.30 bits per heavy atom. The van der Waals surface area contributed by atoms with Gasteiger partial charge in [0.05, 0.1) is 0 Å². The van der Waals surface area contributed by atoms with Crippen molar-refractivity contribution in [3.63, 3.8) is 0 Å². The van der Waals surface area contributed by atoms with E-state index in [1.54, 1.807) is 0 Å². The minimum Gasteiger partial charge on any atom is -0.384 e. The second kappa shape index (κ2) is 5.81. The Labute approximate surface area is 134 Å². The summed E-state index contributed by atoms with van der Waals surface area (Å²) >= 11 is 0. The van der Waals surface area contributed by atoms with Crippen LogP contribution in [0.15, 0.2) is 60.7 Å². The molecule has 3 aromatic rings. The third-order valence-electron chi connectivity index (χ3n) is 3.68. The number of aromatic nitrogens is 1. The molecule has 1 aromatic heterocycles. The van der Waals surface area contributed by atoms with Crippen LogP contribution in [0.25, 0.3) is 22.5 Å². The minimum atomic E-state index is 0.0541. The predicted octanol–water partition coefficient (Wildman–Crippen LogP) is 2.92. The van der Waals surface area contributed by atoms with Gasteiger partial charge in [0.25, 0.3) is 0 Å². The average Bonchev–Trinajstić information content (AvgIpc) is 3.05. The molecule has 0 aliphatic rings. The Hall–Kier alpha value is -3.34. The molecule has 3 rings (SSSR count). The van der Waals surface area contributed by atoms with Gasteiger partial charge in [0.15, 0.2) is 0 Å². The fraction of sp³-hybridized carbons (Fsp3) is 0. The first-order valence-corrected chi connectivity index (χ1v) is 7.13. The monoisotopic (exact) mass is 303 g/mol. The molecule has 0 fully saturated rings. The summed E-state index contributed by atoms with van der Waals surface area (Å²) in [6.07, 6.45) is 0. The summed E-state index contributed by atoms with van der Waals surface area (Å²) in [5.74, 6) is 0.114. The molecule has 7 N–H and O–H groups in total. The molecule has 1 heterocycles. The Morgan fingerprint density at radius 3 is 1.91 bits per heavy atom. The van der Waals surface area contributed by atoms with Gasteiger partial charge in [-0.2, -0.15) is 0 Å². The van der Waals surface area contributed by atoms with Gasteiger partial charge in [-0.1, -0.05) is 42.5 Å². The number of nitrogen functional groups attached to an aromatic ring is 2. The molecule has 5 nitrogen and oxygen atoms in total. The third kappa shape index (κ3) is 2.98. The summed E-state index contributed by atoms with van der Waals surface area (Å²) in [4.78, 5) is 3.36. The Kier molecular flexibility index (Phi) is 3.68. The van der Waals surface area contributed by atoms with Crippen LogP contribution in [0.3, 0.4) is 0 Å². The molecule has 0 unspecified atom stereocenters. The lowest BCUT2D eigenvalue weighted by Gasteiger charge is -2.03. The lowest BCUT2D eigenvalue weighted by molar-refractivity contribution is 1.37. The number of benzene rings is 2. The normalized spacial score (nSPS) is 10.4. The topological polar surface area (TPSA) is 116 Å². The summed E-state index contributed by atoms with van der Waals surface area (Å²) in [6.45, 7) is 0. The van der Waals surface area contributed by atoms with E-state index in [0.29, 0.717) is 11.1 Å². The molecule has 5 heteroatoms. The SMILES string of the molecule is N=C(N)c1ccc(-c2ccc(-c3cccc(C(=N)N)c3)[nH]2)cc1. The van der Waals surface area contributed by atoms with Crippen molar-refractivity contribution in [2.75, 3.05) is 0 Å². The summed E-state index contributed by atoms with van der Waals surface area (Å²) < 4.78 is 0. The second-order valence-corrected chi connectivity index (χ2v) is 5.27. The highest BCUT2D eigenvalue weighted by Gasteiger charge is 2.06. The fourth-order valence-electron chi connectivity index (χ4n) is 2.42. The molecule has 0 amide bonds. The summed E-state index contributed by atoms with van der Waals surface area (Å²) in [5.41, 5.74) is 16.3. The molecule has 114 valence electrons. The fourth-order valence-corrected chi connectivity index (χ4v) is 2.42. The van der Waals surface area contributed by atoms with E-state index < -0.39 is 0 Å². The second-order valence-electron chi connectivity index (χ2n) is 5.27. The van der Waals surface area contributed by atoms with Crippen molar-refractivity contribution in [1.82, 2.24) is 4.98 Å². The maximum absolute atomic E-state index is 7.53. The third-order valence-corrected chi connectivity index (χ3v) is 3.68. The summed E-state index contributed by atoms with van der Waals surface area (Å²) in [5, 5.41) is 15.0. The van der Waals surface area contributed by atoms with Crippen LogP contribution in [0.4, 0.5) is 0 Å². The maximum atomic E-state index is 7.53. The lowest BCUT2D eigenvalue weighted by atomic mass is 10.1. The van der Waals surface area contributed by atoms with Gasteiger partial charge >= 0.3 is 0 Å². The molecule has 0 bridgehead atoms. The van der Waals surface area contributed by atoms with Crippen LogP contribution in [-0.2, 0) is 0 Å². The molecule has 0 radical (unpaired) electrons. The van der Waals surface area contributed by atoms with Crippen LogP contribution in [0.2, 0.25) is 0 Å². The van der Waals surface area contributed by atoms with Crippen molar-refractivity contribution in [2.45, 2.75) is 0 Å². The number of aromatic amines is 1. The molecule has 0 spiro atoms. The first-order chi connectivity index (χ1) is 11.0. The molecule has 0 saturated carbocycles. The van der Waals surface area contributed by atoms with Crippen LogP contribution >= 0.6 is 0 Å². The van der Waals surface area contributed by atoms with Crippen LogP contribution in [0.1, 0.15) is 11.1 Å². The molecule has 0 aliphatic carbocycles. The standard InChI is InChI=1S/C18H17N5/c19-17(20)12-6-4-11(5-7-12)15-8-9-16(23-15)13-2-1-3-14(10-13)18(21)22/h1-10,23H,(H3,19,20)(H3,21,22). The molecule has 23 heavy (non-hydrogen) atoms. The highest BCUT2D eigenvalue weighted by molar-refractivity contribution is 5.96.